The van der Waals surface area contributed by atoms with Gasteiger partial charge in [-0.25, -0.2) is 0 Å². The molecule has 1 heterocycles. The van der Waals surface area contributed by atoms with Crippen molar-refractivity contribution in [1.82, 2.24) is 15.1 Å². The number of carbonyl (C=O) groups is 1. The number of rotatable bonds is 5. The van der Waals surface area contributed by atoms with Gasteiger partial charge in [-0.15, -0.1) is 0 Å². The number of ether oxygens (including phenoxy) is 1. The summed E-state index contributed by atoms with van der Waals surface area (Å²) in [6, 6.07) is 7.55. The first kappa shape index (κ1) is 12.9. The molecule has 0 saturated carbocycles. The summed E-state index contributed by atoms with van der Waals surface area (Å²) in [6.45, 7) is 0.561. The van der Waals surface area contributed by atoms with E-state index in [0.717, 1.165) is 11.3 Å². The standard InChI is InChI=1S/C13H16N4O2/c1-19-12-5-3-2-4-10(12)6-15-13(18)9-17-8-11(14)7-16-17/h2-5,7-8H,6,9,14H2,1H3,(H,15,18). The predicted octanol–water partition coefficient (Wildman–Crippen LogP) is 0.790. The highest BCUT2D eigenvalue weighted by atomic mass is 16.5. The van der Waals surface area contributed by atoms with Crippen LogP contribution in [0, 0.1) is 0 Å². The topological polar surface area (TPSA) is 82.2 Å². The van der Waals surface area contributed by atoms with Crippen LogP contribution in [0.2, 0.25) is 0 Å². The molecule has 3 N–H and O–H groups in total. The number of nitrogen functional groups attached to an aromatic ring is 1. The molecule has 2 aromatic rings. The van der Waals surface area contributed by atoms with Crippen LogP contribution < -0.4 is 15.8 Å². The van der Waals surface area contributed by atoms with Gasteiger partial charge >= 0.3 is 0 Å². The minimum absolute atomic E-state index is 0.131. The molecule has 1 aromatic carbocycles. The van der Waals surface area contributed by atoms with Gasteiger partial charge in [0.15, 0.2) is 0 Å². The maximum atomic E-state index is 11.7. The van der Waals surface area contributed by atoms with E-state index in [1.54, 1.807) is 13.3 Å². The number of aromatic nitrogens is 2. The predicted molar refractivity (Wildman–Crippen MR) is 71.5 cm³/mol. The number of methoxy groups -OCH3 is 1. The van der Waals surface area contributed by atoms with Crippen molar-refractivity contribution in [3.63, 3.8) is 0 Å². The molecular weight excluding hydrogens is 244 g/mol. The van der Waals surface area contributed by atoms with Gasteiger partial charge in [0, 0.05) is 18.3 Å². The Morgan fingerprint density at radius 1 is 1.47 bits per heavy atom. The van der Waals surface area contributed by atoms with Gasteiger partial charge in [-0.2, -0.15) is 5.10 Å². The molecule has 0 atom stereocenters. The molecule has 1 aromatic heterocycles. The average molecular weight is 260 g/mol. The van der Waals surface area contributed by atoms with Crippen LogP contribution >= 0.6 is 0 Å². The Morgan fingerprint density at radius 2 is 2.26 bits per heavy atom. The molecule has 0 aliphatic rings. The molecule has 19 heavy (non-hydrogen) atoms. The Balaban J connectivity index is 1.89. The number of nitrogens with zero attached hydrogens (tertiary/aromatic N) is 2. The van der Waals surface area contributed by atoms with Crippen LogP contribution in [0.15, 0.2) is 36.7 Å². The van der Waals surface area contributed by atoms with Gasteiger partial charge in [-0.1, -0.05) is 18.2 Å². The van der Waals surface area contributed by atoms with E-state index in [4.69, 9.17) is 10.5 Å². The molecule has 6 nitrogen and oxygen atoms in total. The summed E-state index contributed by atoms with van der Waals surface area (Å²) in [7, 11) is 1.60. The zero-order chi connectivity index (χ0) is 13.7. The molecule has 1 amide bonds. The van der Waals surface area contributed by atoms with E-state index < -0.39 is 0 Å². The fraction of sp³-hybridized carbons (Fsp3) is 0.231. The summed E-state index contributed by atoms with van der Waals surface area (Å²) in [5.74, 6) is 0.625. The van der Waals surface area contributed by atoms with Crippen molar-refractivity contribution in [2.45, 2.75) is 13.1 Å². The number of nitrogens with one attached hydrogen (secondary N) is 1. The summed E-state index contributed by atoms with van der Waals surface area (Å²) >= 11 is 0. The van der Waals surface area contributed by atoms with E-state index in [1.807, 2.05) is 24.3 Å². The Morgan fingerprint density at radius 3 is 2.95 bits per heavy atom. The van der Waals surface area contributed by atoms with Crippen LogP contribution in [0.5, 0.6) is 5.75 Å². The minimum Gasteiger partial charge on any atom is -0.496 e. The molecule has 2 rings (SSSR count). The number of hydrogen-bond acceptors (Lipinski definition) is 4. The summed E-state index contributed by atoms with van der Waals surface area (Å²) in [5.41, 5.74) is 6.99. The van der Waals surface area contributed by atoms with E-state index in [1.165, 1.54) is 10.9 Å². The van der Waals surface area contributed by atoms with E-state index in [-0.39, 0.29) is 12.5 Å². The highest BCUT2D eigenvalue weighted by Gasteiger charge is 2.06. The first-order chi connectivity index (χ1) is 9.19. The summed E-state index contributed by atoms with van der Waals surface area (Å²) in [5, 5.41) is 6.76. The molecule has 0 saturated heterocycles. The lowest BCUT2D eigenvalue weighted by Crippen LogP contribution is -2.27. The monoisotopic (exact) mass is 260 g/mol. The van der Waals surface area contributed by atoms with Gasteiger partial charge in [-0.3, -0.25) is 9.48 Å². The van der Waals surface area contributed by atoms with Crippen LogP contribution in [0.3, 0.4) is 0 Å². The number of para-hydroxylation sites is 1. The third-order valence-corrected chi connectivity index (χ3v) is 2.63. The Kier molecular flexibility index (Phi) is 4.02. The van der Waals surface area contributed by atoms with E-state index >= 15 is 0 Å². The molecule has 0 radical (unpaired) electrons. The van der Waals surface area contributed by atoms with E-state index in [0.29, 0.717) is 12.2 Å². The molecule has 0 bridgehead atoms. The number of carbonyl (C=O) groups excluding carboxylic acids is 1. The lowest BCUT2D eigenvalue weighted by molar-refractivity contribution is -0.122. The first-order valence-electron chi connectivity index (χ1n) is 5.85. The molecule has 100 valence electrons. The third-order valence-electron chi connectivity index (χ3n) is 2.63. The average Bonchev–Trinajstić information content (AvgIpc) is 2.82. The molecule has 0 aliphatic carbocycles. The first-order valence-corrected chi connectivity index (χ1v) is 5.85. The fourth-order valence-electron chi connectivity index (χ4n) is 1.71. The highest BCUT2D eigenvalue weighted by Crippen LogP contribution is 2.16. The quantitative estimate of drug-likeness (QED) is 0.832. The van der Waals surface area contributed by atoms with Crippen molar-refractivity contribution in [3.8, 4) is 5.75 Å². The molecule has 0 aliphatic heterocycles. The Labute approximate surface area is 111 Å². The molecule has 0 fully saturated rings. The smallest absolute Gasteiger partial charge is 0.242 e. The number of benzene rings is 1. The zero-order valence-corrected chi connectivity index (χ0v) is 10.7. The van der Waals surface area contributed by atoms with E-state index in [9.17, 15) is 4.79 Å². The molecule has 6 heteroatoms. The normalized spacial score (nSPS) is 10.2. The number of nitrogens with two attached hydrogens (primary N) is 1. The second kappa shape index (κ2) is 5.90. The third kappa shape index (κ3) is 3.48. The zero-order valence-electron chi connectivity index (χ0n) is 10.7. The van der Waals surface area contributed by atoms with Crippen LogP contribution in [0.25, 0.3) is 0 Å². The minimum atomic E-state index is -0.131. The SMILES string of the molecule is COc1ccccc1CNC(=O)Cn1cc(N)cn1. The number of anilines is 1. The number of hydrogen-bond donors (Lipinski definition) is 2. The molecule has 0 spiro atoms. The van der Waals surface area contributed by atoms with Gasteiger partial charge in [-0.05, 0) is 6.07 Å². The molecule has 0 unspecified atom stereocenters. The second-order valence-corrected chi connectivity index (χ2v) is 4.06. The van der Waals surface area contributed by atoms with Crippen molar-refractivity contribution in [1.29, 1.82) is 0 Å². The fourth-order valence-corrected chi connectivity index (χ4v) is 1.71. The van der Waals surface area contributed by atoms with Crippen molar-refractivity contribution >= 4 is 11.6 Å². The van der Waals surface area contributed by atoms with Crippen LogP contribution in [0.1, 0.15) is 5.56 Å². The van der Waals surface area contributed by atoms with Gasteiger partial charge < -0.3 is 15.8 Å². The van der Waals surface area contributed by atoms with Gasteiger partial charge in [0.2, 0.25) is 5.91 Å². The summed E-state index contributed by atoms with van der Waals surface area (Å²) < 4.78 is 6.71. The Hall–Kier alpha value is -2.50. The number of amides is 1. The van der Waals surface area contributed by atoms with Crippen LogP contribution in [-0.4, -0.2) is 22.8 Å². The van der Waals surface area contributed by atoms with Gasteiger partial charge in [0.1, 0.15) is 12.3 Å². The maximum absolute atomic E-state index is 11.7. The summed E-state index contributed by atoms with van der Waals surface area (Å²) in [6.07, 6.45) is 3.12. The van der Waals surface area contributed by atoms with E-state index in [2.05, 4.69) is 10.4 Å². The van der Waals surface area contributed by atoms with Gasteiger partial charge in [0.25, 0.3) is 0 Å². The molecular formula is C13H16N4O2. The van der Waals surface area contributed by atoms with Crippen molar-refractivity contribution in [2.24, 2.45) is 0 Å². The lowest BCUT2D eigenvalue weighted by Gasteiger charge is -2.09. The lowest BCUT2D eigenvalue weighted by atomic mass is 10.2. The maximum Gasteiger partial charge on any atom is 0.242 e. The highest BCUT2D eigenvalue weighted by molar-refractivity contribution is 5.75. The van der Waals surface area contributed by atoms with Crippen LogP contribution in [-0.2, 0) is 17.9 Å². The van der Waals surface area contributed by atoms with Crippen molar-refractivity contribution in [3.05, 3.63) is 42.2 Å². The van der Waals surface area contributed by atoms with Crippen molar-refractivity contribution in [2.75, 3.05) is 12.8 Å². The van der Waals surface area contributed by atoms with Gasteiger partial charge in [0.05, 0.1) is 19.0 Å². The van der Waals surface area contributed by atoms with Crippen LogP contribution in [0.4, 0.5) is 5.69 Å². The summed E-state index contributed by atoms with van der Waals surface area (Å²) in [4.78, 5) is 11.7. The second-order valence-electron chi connectivity index (χ2n) is 4.06. The largest absolute Gasteiger partial charge is 0.496 e. The Bertz CT molecular complexity index is 565. The van der Waals surface area contributed by atoms with Crippen molar-refractivity contribution < 1.29 is 9.53 Å².